The van der Waals surface area contributed by atoms with Gasteiger partial charge < -0.3 is 18.9 Å². The van der Waals surface area contributed by atoms with E-state index in [1.54, 1.807) is 0 Å². The molecule has 0 saturated carbocycles. The van der Waals surface area contributed by atoms with Crippen molar-refractivity contribution in [3.8, 4) is 0 Å². The number of carbonyl (C=O) groups excluding carboxylic acids is 1. The van der Waals surface area contributed by atoms with E-state index in [1.807, 2.05) is 0 Å². The van der Waals surface area contributed by atoms with E-state index in [9.17, 15) is 4.79 Å². The van der Waals surface area contributed by atoms with E-state index in [-0.39, 0.29) is 12.1 Å². The van der Waals surface area contributed by atoms with Gasteiger partial charge in [-0.25, -0.2) is 0 Å². The summed E-state index contributed by atoms with van der Waals surface area (Å²) in [5.74, 6) is -0.0554. The van der Waals surface area contributed by atoms with E-state index in [0.29, 0.717) is 25.2 Å². The van der Waals surface area contributed by atoms with Gasteiger partial charge in [-0.15, -0.1) is 0 Å². The highest BCUT2D eigenvalue weighted by Crippen LogP contribution is 2.27. The molecule has 0 aliphatic carbocycles. The molecule has 0 radical (unpaired) electrons. The van der Waals surface area contributed by atoms with Crippen LogP contribution in [-0.2, 0) is 23.7 Å². The number of unbranched alkanes of at least 4 members (excludes halogenated alkanes) is 14. The number of epoxide rings is 2. The maximum atomic E-state index is 11.4. The lowest BCUT2D eigenvalue weighted by atomic mass is 10.0. The van der Waals surface area contributed by atoms with Crippen LogP contribution >= 0.6 is 0 Å². The van der Waals surface area contributed by atoms with Gasteiger partial charge in [0.15, 0.2) is 0 Å². The normalized spacial score (nSPS) is 23.4. The summed E-state index contributed by atoms with van der Waals surface area (Å²) in [6.07, 6.45) is 22.0. The van der Waals surface area contributed by atoms with Crippen molar-refractivity contribution < 1.29 is 23.7 Å². The minimum Gasteiger partial charge on any atom is -0.463 e. The third-order valence-corrected chi connectivity index (χ3v) is 6.07. The number of hydrogen-bond acceptors (Lipinski definition) is 5. The molecule has 3 heterocycles. The van der Waals surface area contributed by atoms with Gasteiger partial charge in [0.2, 0.25) is 0 Å². The lowest BCUT2D eigenvalue weighted by Gasteiger charge is -2.04. The van der Waals surface area contributed by atoms with Crippen molar-refractivity contribution in [3.63, 3.8) is 0 Å². The summed E-state index contributed by atoms with van der Waals surface area (Å²) in [6.45, 7) is 5.17. The number of carbonyl (C=O) groups is 1. The molecule has 3 aliphatic rings. The number of rotatable bonds is 18. The molecule has 3 aliphatic heterocycles. The van der Waals surface area contributed by atoms with Crippen molar-refractivity contribution in [1.82, 2.24) is 0 Å². The zero-order valence-corrected chi connectivity index (χ0v) is 19.4. The molecule has 0 aromatic heterocycles. The van der Waals surface area contributed by atoms with Gasteiger partial charge in [-0.1, -0.05) is 96.8 Å². The zero-order chi connectivity index (χ0) is 21.3. The van der Waals surface area contributed by atoms with Crippen LogP contribution in [0.2, 0.25) is 0 Å². The molecule has 5 nitrogen and oxygen atoms in total. The smallest absolute Gasteiger partial charge is 0.305 e. The lowest BCUT2D eigenvalue weighted by Crippen LogP contribution is -2.09. The zero-order valence-electron chi connectivity index (χ0n) is 19.4. The Hall–Kier alpha value is -0.650. The number of hydrogen-bond donors (Lipinski definition) is 0. The summed E-state index contributed by atoms with van der Waals surface area (Å²) in [5, 5.41) is 0. The van der Waals surface area contributed by atoms with Gasteiger partial charge in [0.1, 0.15) is 24.9 Å². The van der Waals surface area contributed by atoms with Gasteiger partial charge in [-0.05, 0) is 6.42 Å². The Morgan fingerprint density at radius 2 is 1.20 bits per heavy atom. The molecule has 3 unspecified atom stereocenters. The van der Waals surface area contributed by atoms with Crippen LogP contribution < -0.4 is 0 Å². The SMILES string of the molecule is C1OCC2OC12.CCCCCCCCCCCCCCCCCC(=O)OCC1CO1. The largest absolute Gasteiger partial charge is 0.463 e. The van der Waals surface area contributed by atoms with Crippen molar-refractivity contribution in [2.24, 2.45) is 0 Å². The first-order valence-electron chi connectivity index (χ1n) is 12.8. The van der Waals surface area contributed by atoms with Crippen LogP contribution in [0.3, 0.4) is 0 Å². The average Bonchev–Trinajstić information content (AvgIpc) is 3.69. The molecular weight excluding hydrogens is 380 g/mol. The van der Waals surface area contributed by atoms with Crippen LogP contribution in [0.5, 0.6) is 0 Å². The Morgan fingerprint density at radius 1 is 0.733 bits per heavy atom. The monoisotopic (exact) mass is 426 g/mol. The van der Waals surface area contributed by atoms with Crippen LogP contribution in [0.25, 0.3) is 0 Å². The molecule has 5 heteroatoms. The molecule has 0 N–H and O–H groups in total. The van der Waals surface area contributed by atoms with E-state index in [4.69, 9.17) is 18.9 Å². The Balaban J connectivity index is 0.000000443. The van der Waals surface area contributed by atoms with Crippen molar-refractivity contribution in [2.75, 3.05) is 26.4 Å². The van der Waals surface area contributed by atoms with Gasteiger partial charge in [-0.3, -0.25) is 4.79 Å². The van der Waals surface area contributed by atoms with Gasteiger partial charge in [0.25, 0.3) is 0 Å². The molecule has 3 saturated heterocycles. The fraction of sp³-hybridized carbons (Fsp3) is 0.960. The highest BCUT2D eigenvalue weighted by molar-refractivity contribution is 5.69. The molecule has 0 bridgehead atoms. The Labute approximate surface area is 184 Å². The first-order chi connectivity index (χ1) is 14.8. The van der Waals surface area contributed by atoms with Crippen molar-refractivity contribution >= 4 is 5.97 Å². The summed E-state index contributed by atoms with van der Waals surface area (Å²) in [5.41, 5.74) is 0. The van der Waals surface area contributed by atoms with Gasteiger partial charge in [0.05, 0.1) is 19.8 Å². The second-order valence-corrected chi connectivity index (χ2v) is 9.09. The predicted molar refractivity (Wildman–Crippen MR) is 120 cm³/mol. The molecule has 0 amide bonds. The molecular formula is C25H46O5. The van der Waals surface area contributed by atoms with Crippen LogP contribution in [0.4, 0.5) is 0 Å². The number of ether oxygens (including phenoxy) is 4. The van der Waals surface area contributed by atoms with E-state index in [2.05, 4.69) is 6.92 Å². The Morgan fingerprint density at radius 3 is 1.57 bits per heavy atom. The molecule has 3 atom stereocenters. The molecule has 3 fully saturated rings. The van der Waals surface area contributed by atoms with Gasteiger partial charge in [-0.2, -0.15) is 0 Å². The summed E-state index contributed by atoms with van der Waals surface area (Å²) in [4.78, 5) is 11.4. The fourth-order valence-electron chi connectivity index (χ4n) is 3.84. The summed E-state index contributed by atoms with van der Waals surface area (Å²) in [6, 6.07) is 0. The van der Waals surface area contributed by atoms with Crippen LogP contribution in [0.15, 0.2) is 0 Å². The van der Waals surface area contributed by atoms with E-state index in [1.165, 1.54) is 83.5 Å². The van der Waals surface area contributed by atoms with Crippen LogP contribution in [-0.4, -0.2) is 50.7 Å². The van der Waals surface area contributed by atoms with Crippen LogP contribution in [0, 0.1) is 0 Å². The topological polar surface area (TPSA) is 60.6 Å². The summed E-state index contributed by atoms with van der Waals surface area (Å²) < 4.78 is 20.1. The first kappa shape index (κ1) is 25.6. The standard InChI is InChI=1S/C21H40O3.C4H6O2/c1-2-3-4-5-6-7-8-9-10-11-12-13-14-15-16-17-21(22)24-19-20-18-23-20;1-3-4(6-3)2-5-1/h20H,2-19H2,1H3;3-4H,1-2H2. The van der Waals surface area contributed by atoms with Crippen molar-refractivity contribution in [3.05, 3.63) is 0 Å². The van der Waals surface area contributed by atoms with Gasteiger partial charge in [0, 0.05) is 6.42 Å². The predicted octanol–water partition coefficient (Wildman–Crippen LogP) is 5.97. The Bertz CT molecular complexity index is 416. The molecule has 176 valence electrons. The maximum absolute atomic E-state index is 11.4. The Kier molecular flexibility index (Phi) is 14.5. The quantitative estimate of drug-likeness (QED) is 0.153. The second-order valence-electron chi connectivity index (χ2n) is 9.09. The van der Waals surface area contributed by atoms with E-state index in [0.717, 1.165) is 32.7 Å². The number of fused-ring (bicyclic) bond motifs is 1. The third-order valence-electron chi connectivity index (χ3n) is 6.07. The van der Waals surface area contributed by atoms with Crippen LogP contribution in [0.1, 0.15) is 110 Å². The second kappa shape index (κ2) is 17.0. The van der Waals surface area contributed by atoms with Gasteiger partial charge >= 0.3 is 5.97 Å². The number of esters is 1. The summed E-state index contributed by atoms with van der Waals surface area (Å²) in [7, 11) is 0. The van der Waals surface area contributed by atoms with E-state index >= 15 is 0 Å². The molecule has 0 aromatic carbocycles. The molecule has 0 spiro atoms. The minimum absolute atomic E-state index is 0.0554. The molecule has 30 heavy (non-hydrogen) atoms. The minimum atomic E-state index is -0.0554. The van der Waals surface area contributed by atoms with Crippen molar-refractivity contribution in [2.45, 2.75) is 128 Å². The maximum Gasteiger partial charge on any atom is 0.305 e. The fourth-order valence-corrected chi connectivity index (χ4v) is 3.84. The highest BCUT2D eigenvalue weighted by atomic mass is 16.7. The van der Waals surface area contributed by atoms with E-state index < -0.39 is 0 Å². The molecule has 0 aromatic rings. The average molecular weight is 427 g/mol. The summed E-state index contributed by atoms with van der Waals surface area (Å²) >= 11 is 0. The lowest BCUT2D eigenvalue weighted by molar-refractivity contribution is -0.144. The third kappa shape index (κ3) is 14.4. The molecule has 3 rings (SSSR count). The highest BCUT2D eigenvalue weighted by Gasteiger charge is 2.44. The van der Waals surface area contributed by atoms with Crippen molar-refractivity contribution in [1.29, 1.82) is 0 Å². The first-order valence-corrected chi connectivity index (χ1v) is 12.8.